The SMILES string of the molecule is CCONC(=O)c1cnc(NC(=O)C2CC2)cc1Nc1cccc(-c2ncc(Cl)cn2)c1OC. The molecule has 2 aromatic heterocycles. The zero-order chi connectivity index (χ0) is 24.1. The summed E-state index contributed by atoms with van der Waals surface area (Å²) in [6, 6.07) is 6.98. The number of carbonyl (C=O) groups excluding carboxylic acids is 2. The Morgan fingerprint density at radius 3 is 2.56 bits per heavy atom. The van der Waals surface area contributed by atoms with Gasteiger partial charge in [0.25, 0.3) is 5.91 Å². The molecule has 10 nitrogen and oxygen atoms in total. The van der Waals surface area contributed by atoms with Crippen LogP contribution in [0, 0.1) is 5.92 Å². The van der Waals surface area contributed by atoms with Gasteiger partial charge < -0.3 is 15.4 Å². The molecule has 11 heteroatoms. The van der Waals surface area contributed by atoms with Gasteiger partial charge in [0.2, 0.25) is 5.91 Å². The second kappa shape index (κ2) is 10.4. The number of nitrogens with zero attached hydrogens (tertiary/aromatic N) is 3. The molecule has 1 aliphatic carbocycles. The van der Waals surface area contributed by atoms with Crippen LogP contribution in [0.3, 0.4) is 0 Å². The van der Waals surface area contributed by atoms with Crippen molar-refractivity contribution in [3.8, 4) is 17.1 Å². The van der Waals surface area contributed by atoms with Crippen LogP contribution in [0.2, 0.25) is 5.02 Å². The highest BCUT2D eigenvalue weighted by molar-refractivity contribution is 6.30. The van der Waals surface area contributed by atoms with Crippen molar-refractivity contribution in [3.63, 3.8) is 0 Å². The molecule has 34 heavy (non-hydrogen) atoms. The van der Waals surface area contributed by atoms with Crippen LogP contribution in [0.4, 0.5) is 17.2 Å². The van der Waals surface area contributed by atoms with Gasteiger partial charge in [0.1, 0.15) is 5.82 Å². The predicted molar refractivity (Wildman–Crippen MR) is 127 cm³/mol. The summed E-state index contributed by atoms with van der Waals surface area (Å²) in [6.07, 6.45) is 6.09. The number of pyridine rings is 1. The van der Waals surface area contributed by atoms with Crippen LogP contribution in [-0.2, 0) is 9.63 Å². The van der Waals surface area contributed by atoms with Crippen molar-refractivity contribution in [1.29, 1.82) is 0 Å². The number of benzene rings is 1. The zero-order valence-corrected chi connectivity index (χ0v) is 19.3. The van der Waals surface area contributed by atoms with Gasteiger partial charge in [-0.1, -0.05) is 17.7 Å². The third-order valence-electron chi connectivity index (χ3n) is 5.01. The molecular weight excluding hydrogens is 460 g/mol. The Morgan fingerprint density at radius 1 is 1.12 bits per heavy atom. The normalized spacial score (nSPS) is 12.7. The number of halogens is 1. The predicted octanol–water partition coefficient (Wildman–Crippen LogP) is 3.97. The highest BCUT2D eigenvalue weighted by Gasteiger charge is 2.30. The van der Waals surface area contributed by atoms with Crippen molar-refractivity contribution < 1.29 is 19.2 Å². The average molecular weight is 483 g/mol. The minimum Gasteiger partial charge on any atom is -0.494 e. The highest BCUT2D eigenvalue weighted by atomic mass is 35.5. The number of amides is 2. The van der Waals surface area contributed by atoms with Gasteiger partial charge in [-0.25, -0.2) is 20.4 Å². The third-order valence-corrected chi connectivity index (χ3v) is 5.20. The monoisotopic (exact) mass is 482 g/mol. The van der Waals surface area contributed by atoms with Crippen LogP contribution in [-0.4, -0.2) is 40.5 Å². The van der Waals surface area contributed by atoms with E-state index in [2.05, 4.69) is 31.1 Å². The number of carbonyl (C=O) groups is 2. The molecule has 3 aromatic rings. The van der Waals surface area contributed by atoms with Gasteiger partial charge in [-0.3, -0.25) is 14.4 Å². The Hall–Kier alpha value is -3.76. The first-order valence-electron chi connectivity index (χ1n) is 10.6. The first-order chi connectivity index (χ1) is 16.5. The molecule has 0 saturated heterocycles. The summed E-state index contributed by atoms with van der Waals surface area (Å²) in [5.74, 6) is 0.629. The summed E-state index contributed by atoms with van der Waals surface area (Å²) in [7, 11) is 1.52. The number of ether oxygens (including phenoxy) is 1. The lowest BCUT2D eigenvalue weighted by atomic mass is 10.1. The molecule has 4 rings (SSSR count). The Morgan fingerprint density at radius 2 is 1.88 bits per heavy atom. The van der Waals surface area contributed by atoms with E-state index in [9.17, 15) is 9.59 Å². The van der Waals surface area contributed by atoms with Crippen LogP contribution in [0.5, 0.6) is 5.75 Å². The molecule has 1 fully saturated rings. The van der Waals surface area contributed by atoms with Gasteiger partial charge in [-0.2, -0.15) is 0 Å². The molecule has 3 N–H and O–H groups in total. The maximum absolute atomic E-state index is 12.7. The summed E-state index contributed by atoms with van der Waals surface area (Å²) in [6.45, 7) is 2.05. The van der Waals surface area contributed by atoms with Crippen LogP contribution in [0.1, 0.15) is 30.1 Å². The number of nitrogens with one attached hydrogen (secondary N) is 3. The van der Waals surface area contributed by atoms with Gasteiger partial charge in [0.15, 0.2) is 11.6 Å². The minimum atomic E-state index is -0.493. The fourth-order valence-electron chi connectivity index (χ4n) is 3.20. The quantitative estimate of drug-likeness (QED) is 0.391. The Labute approximate surface area is 201 Å². The number of hydrogen-bond donors (Lipinski definition) is 3. The van der Waals surface area contributed by atoms with E-state index in [0.29, 0.717) is 46.0 Å². The van der Waals surface area contributed by atoms with E-state index in [0.717, 1.165) is 12.8 Å². The minimum absolute atomic E-state index is 0.00953. The van der Waals surface area contributed by atoms with Gasteiger partial charge >= 0.3 is 0 Å². The lowest BCUT2D eigenvalue weighted by Gasteiger charge is -2.17. The molecule has 0 unspecified atom stereocenters. The summed E-state index contributed by atoms with van der Waals surface area (Å²) in [5.41, 5.74) is 4.15. The van der Waals surface area contributed by atoms with E-state index in [-0.39, 0.29) is 17.4 Å². The molecule has 0 spiro atoms. The molecule has 1 aliphatic rings. The molecule has 2 heterocycles. The van der Waals surface area contributed by atoms with Crippen molar-refractivity contribution in [1.82, 2.24) is 20.4 Å². The van der Waals surface area contributed by atoms with Gasteiger partial charge in [0.05, 0.1) is 41.2 Å². The Kier molecular flexibility index (Phi) is 7.19. The van der Waals surface area contributed by atoms with E-state index in [1.54, 1.807) is 25.1 Å². The summed E-state index contributed by atoms with van der Waals surface area (Å²) >= 11 is 5.92. The molecular formula is C23H23ClN6O4. The van der Waals surface area contributed by atoms with Crippen molar-refractivity contribution in [2.45, 2.75) is 19.8 Å². The maximum Gasteiger partial charge on any atom is 0.278 e. The highest BCUT2D eigenvalue weighted by Crippen LogP contribution is 2.37. The first-order valence-corrected chi connectivity index (χ1v) is 11.0. The molecule has 0 bridgehead atoms. The third kappa shape index (κ3) is 5.41. The zero-order valence-electron chi connectivity index (χ0n) is 18.6. The van der Waals surface area contributed by atoms with Crippen LogP contribution >= 0.6 is 11.6 Å². The van der Waals surface area contributed by atoms with Gasteiger partial charge in [-0.15, -0.1) is 0 Å². The maximum atomic E-state index is 12.7. The molecule has 0 atom stereocenters. The second-order valence-corrected chi connectivity index (χ2v) is 7.92. The largest absolute Gasteiger partial charge is 0.494 e. The fraction of sp³-hybridized carbons (Fsp3) is 0.261. The van der Waals surface area contributed by atoms with Gasteiger partial charge in [0, 0.05) is 30.6 Å². The van der Waals surface area contributed by atoms with Crippen molar-refractivity contribution in [3.05, 3.63) is 53.4 Å². The smallest absolute Gasteiger partial charge is 0.278 e. The number of rotatable bonds is 9. The summed E-state index contributed by atoms with van der Waals surface area (Å²) in [4.78, 5) is 42.7. The van der Waals surface area contributed by atoms with Crippen molar-refractivity contribution >= 4 is 40.6 Å². The second-order valence-electron chi connectivity index (χ2n) is 7.48. The molecule has 0 aliphatic heterocycles. The van der Waals surface area contributed by atoms with Crippen LogP contribution in [0.25, 0.3) is 11.4 Å². The molecule has 1 saturated carbocycles. The number of hydrogen-bond acceptors (Lipinski definition) is 8. The standard InChI is InChI=1S/C23H23ClN6O4/c1-3-34-30-23(32)16-12-25-19(29-22(31)13-7-8-13)9-18(16)28-17-6-4-5-15(20(17)33-2)21-26-10-14(24)11-27-21/h4-6,9-13H,3,7-8H2,1-2H3,(H,30,32)(H2,25,28,29,31). The van der Waals surface area contributed by atoms with E-state index in [1.165, 1.54) is 25.7 Å². The van der Waals surface area contributed by atoms with E-state index in [4.69, 9.17) is 21.2 Å². The Balaban J connectivity index is 1.70. The number of hydroxylamine groups is 1. The van der Waals surface area contributed by atoms with Gasteiger partial charge in [-0.05, 0) is 31.9 Å². The number of methoxy groups -OCH3 is 1. The molecule has 176 valence electrons. The van der Waals surface area contributed by atoms with Crippen molar-refractivity contribution in [2.24, 2.45) is 5.92 Å². The number of para-hydroxylation sites is 1. The fourth-order valence-corrected chi connectivity index (χ4v) is 3.30. The van der Waals surface area contributed by atoms with Crippen LogP contribution < -0.4 is 20.9 Å². The van der Waals surface area contributed by atoms with Crippen LogP contribution in [0.15, 0.2) is 42.9 Å². The molecule has 1 aromatic carbocycles. The summed E-state index contributed by atoms with van der Waals surface area (Å²) < 4.78 is 5.65. The Bertz CT molecular complexity index is 1200. The average Bonchev–Trinajstić information content (AvgIpc) is 3.69. The van der Waals surface area contributed by atoms with E-state index < -0.39 is 5.91 Å². The number of anilines is 3. The first kappa shape index (κ1) is 23.4. The van der Waals surface area contributed by atoms with E-state index in [1.807, 2.05) is 6.07 Å². The molecule has 2 amide bonds. The molecule has 0 radical (unpaired) electrons. The number of aromatic nitrogens is 3. The lowest BCUT2D eigenvalue weighted by Crippen LogP contribution is -2.25. The van der Waals surface area contributed by atoms with Crippen molar-refractivity contribution in [2.75, 3.05) is 24.4 Å². The topological polar surface area (TPSA) is 127 Å². The summed E-state index contributed by atoms with van der Waals surface area (Å²) in [5, 5.41) is 6.43. The lowest BCUT2D eigenvalue weighted by molar-refractivity contribution is -0.117. The van der Waals surface area contributed by atoms with E-state index >= 15 is 0 Å².